The van der Waals surface area contributed by atoms with Crippen molar-refractivity contribution < 1.29 is 5.11 Å². The van der Waals surface area contributed by atoms with Crippen LogP contribution in [0.2, 0.25) is 0 Å². The van der Waals surface area contributed by atoms with Gasteiger partial charge < -0.3 is 5.11 Å². The highest BCUT2D eigenvalue weighted by Gasteiger charge is 2.08. The van der Waals surface area contributed by atoms with E-state index in [4.69, 9.17) is 17.3 Å². The molecule has 0 atom stereocenters. The third kappa shape index (κ3) is 1.36. The van der Waals surface area contributed by atoms with Gasteiger partial charge in [0.1, 0.15) is 6.61 Å². The largest absolute Gasteiger partial charge is 0.388 e. The summed E-state index contributed by atoms with van der Waals surface area (Å²) in [5.74, 6) is 1.10. The van der Waals surface area contributed by atoms with E-state index in [1.165, 1.54) is 0 Å². The number of aliphatic hydroxyl groups is 1. The average molecular weight is 211 g/mol. The SMILES string of the molecule is Cn1ccc(-n2c(CO)n[nH]c2=S)n1. The van der Waals surface area contributed by atoms with Gasteiger partial charge in [0, 0.05) is 19.3 Å². The van der Waals surface area contributed by atoms with E-state index < -0.39 is 0 Å². The number of rotatable bonds is 2. The first-order chi connectivity index (χ1) is 6.72. The van der Waals surface area contributed by atoms with Gasteiger partial charge in [-0.25, -0.2) is 0 Å². The van der Waals surface area contributed by atoms with Gasteiger partial charge in [0.2, 0.25) is 4.77 Å². The summed E-state index contributed by atoms with van der Waals surface area (Å²) in [5.41, 5.74) is 0. The summed E-state index contributed by atoms with van der Waals surface area (Å²) in [7, 11) is 1.81. The van der Waals surface area contributed by atoms with E-state index in [1.807, 2.05) is 7.05 Å². The lowest BCUT2D eigenvalue weighted by Gasteiger charge is -1.98. The molecule has 2 heterocycles. The van der Waals surface area contributed by atoms with Gasteiger partial charge in [-0.15, -0.1) is 0 Å². The van der Waals surface area contributed by atoms with Crippen molar-refractivity contribution in [3.05, 3.63) is 22.9 Å². The summed E-state index contributed by atoms with van der Waals surface area (Å²) in [4.78, 5) is 0. The molecule has 2 N–H and O–H groups in total. The van der Waals surface area contributed by atoms with Crippen molar-refractivity contribution in [3.63, 3.8) is 0 Å². The maximum atomic E-state index is 9.02. The molecule has 0 saturated heterocycles. The van der Waals surface area contributed by atoms with Crippen LogP contribution in [-0.4, -0.2) is 29.7 Å². The second-order valence-corrected chi connectivity index (χ2v) is 3.17. The van der Waals surface area contributed by atoms with Crippen LogP contribution in [0.4, 0.5) is 0 Å². The fraction of sp³-hybridized carbons (Fsp3) is 0.286. The Bertz CT molecular complexity index is 496. The lowest BCUT2D eigenvalue weighted by atomic mass is 10.5. The second kappa shape index (κ2) is 3.35. The number of hydrogen-bond acceptors (Lipinski definition) is 4. The van der Waals surface area contributed by atoms with Crippen LogP contribution in [0.1, 0.15) is 5.82 Å². The van der Waals surface area contributed by atoms with Gasteiger partial charge in [-0.1, -0.05) is 0 Å². The quantitative estimate of drug-likeness (QED) is 0.694. The summed E-state index contributed by atoms with van der Waals surface area (Å²) in [6.07, 6.45) is 1.80. The molecule has 2 rings (SSSR count). The molecule has 7 heteroatoms. The van der Waals surface area contributed by atoms with E-state index in [0.717, 1.165) is 0 Å². The van der Waals surface area contributed by atoms with E-state index in [0.29, 0.717) is 16.4 Å². The highest BCUT2D eigenvalue weighted by molar-refractivity contribution is 7.71. The Morgan fingerprint density at radius 1 is 1.64 bits per heavy atom. The minimum absolute atomic E-state index is 0.177. The molecule has 14 heavy (non-hydrogen) atoms. The second-order valence-electron chi connectivity index (χ2n) is 2.79. The van der Waals surface area contributed by atoms with Gasteiger partial charge in [-0.05, 0) is 12.2 Å². The van der Waals surface area contributed by atoms with Crippen molar-refractivity contribution >= 4 is 12.2 Å². The van der Waals surface area contributed by atoms with E-state index >= 15 is 0 Å². The van der Waals surface area contributed by atoms with Gasteiger partial charge in [-0.3, -0.25) is 14.3 Å². The molecule has 0 aliphatic carbocycles. The van der Waals surface area contributed by atoms with Crippen molar-refractivity contribution in [2.75, 3.05) is 0 Å². The van der Waals surface area contributed by atoms with Crippen molar-refractivity contribution in [1.82, 2.24) is 24.5 Å². The first-order valence-corrected chi connectivity index (χ1v) is 4.40. The van der Waals surface area contributed by atoms with Crippen LogP contribution in [0.3, 0.4) is 0 Å². The third-order valence-corrected chi connectivity index (χ3v) is 2.09. The van der Waals surface area contributed by atoms with E-state index in [9.17, 15) is 0 Å². The van der Waals surface area contributed by atoms with Crippen LogP contribution in [0.5, 0.6) is 0 Å². The highest BCUT2D eigenvalue weighted by atomic mass is 32.1. The zero-order valence-electron chi connectivity index (χ0n) is 7.51. The smallest absolute Gasteiger partial charge is 0.201 e. The molecule has 74 valence electrons. The number of nitrogens with zero attached hydrogens (tertiary/aromatic N) is 4. The Hall–Kier alpha value is -1.47. The molecule has 0 unspecified atom stereocenters. The molecule has 0 aromatic carbocycles. The highest BCUT2D eigenvalue weighted by Crippen LogP contribution is 2.07. The van der Waals surface area contributed by atoms with Crippen molar-refractivity contribution in [3.8, 4) is 5.82 Å². The normalized spacial score (nSPS) is 10.7. The Morgan fingerprint density at radius 2 is 2.43 bits per heavy atom. The molecular weight excluding hydrogens is 202 g/mol. The van der Waals surface area contributed by atoms with Crippen LogP contribution in [0.25, 0.3) is 5.82 Å². The molecule has 2 aromatic heterocycles. The summed E-state index contributed by atoms with van der Waals surface area (Å²) < 4.78 is 3.67. The van der Waals surface area contributed by atoms with Crippen LogP contribution in [-0.2, 0) is 13.7 Å². The molecule has 0 spiro atoms. The number of aliphatic hydroxyl groups excluding tert-OH is 1. The molecule has 0 amide bonds. The lowest BCUT2D eigenvalue weighted by molar-refractivity contribution is 0.268. The maximum Gasteiger partial charge on any atom is 0.201 e. The van der Waals surface area contributed by atoms with E-state index in [1.54, 1.807) is 21.5 Å². The number of aromatic nitrogens is 5. The molecule has 0 radical (unpaired) electrons. The summed E-state index contributed by atoms with van der Waals surface area (Å²) >= 11 is 5.01. The number of hydrogen-bond donors (Lipinski definition) is 2. The van der Waals surface area contributed by atoms with Crippen LogP contribution >= 0.6 is 12.2 Å². The Kier molecular flexibility index (Phi) is 2.18. The zero-order valence-corrected chi connectivity index (χ0v) is 8.32. The fourth-order valence-electron chi connectivity index (χ4n) is 1.19. The zero-order chi connectivity index (χ0) is 10.1. The van der Waals surface area contributed by atoms with Crippen LogP contribution < -0.4 is 0 Å². The van der Waals surface area contributed by atoms with Gasteiger partial charge in [0.05, 0.1) is 0 Å². The monoisotopic (exact) mass is 211 g/mol. The predicted octanol–water partition coefficient (Wildman–Crippen LogP) is 0.156. The number of nitrogens with one attached hydrogen (secondary N) is 1. The molecule has 2 aromatic rings. The van der Waals surface area contributed by atoms with Gasteiger partial charge in [-0.2, -0.15) is 10.2 Å². The fourth-order valence-corrected chi connectivity index (χ4v) is 1.44. The summed E-state index contributed by atoms with van der Waals surface area (Å²) in [6.45, 7) is -0.177. The standard InChI is InChI=1S/C7H9N5OS/c1-11-3-2-5(10-11)12-6(4-13)8-9-7(12)14/h2-3,13H,4H2,1H3,(H,9,14). The van der Waals surface area contributed by atoms with Crippen molar-refractivity contribution in [2.24, 2.45) is 7.05 Å². The van der Waals surface area contributed by atoms with Gasteiger partial charge >= 0.3 is 0 Å². The molecule has 0 aliphatic heterocycles. The molecule has 6 nitrogen and oxygen atoms in total. The number of H-pyrrole nitrogens is 1. The predicted molar refractivity (Wildman–Crippen MR) is 51.4 cm³/mol. The minimum atomic E-state index is -0.177. The van der Waals surface area contributed by atoms with Crippen LogP contribution in [0, 0.1) is 4.77 Å². The number of aryl methyl sites for hydroxylation is 1. The minimum Gasteiger partial charge on any atom is -0.388 e. The first kappa shape index (κ1) is 9.10. The molecule has 0 fully saturated rings. The molecule has 0 saturated carbocycles. The molecular formula is C7H9N5OS. The van der Waals surface area contributed by atoms with Crippen molar-refractivity contribution in [2.45, 2.75) is 6.61 Å². The Morgan fingerprint density at radius 3 is 3.00 bits per heavy atom. The third-order valence-electron chi connectivity index (χ3n) is 1.81. The topological polar surface area (TPSA) is 71.7 Å². The van der Waals surface area contributed by atoms with Gasteiger partial charge in [0.15, 0.2) is 11.6 Å². The molecule has 0 bridgehead atoms. The van der Waals surface area contributed by atoms with Crippen molar-refractivity contribution in [1.29, 1.82) is 0 Å². The van der Waals surface area contributed by atoms with Gasteiger partial charge in [0.25, 0.3) is 0 Å². The summed E-state index contributed by atoms with van der Waals surface area (Å²) in [5, 5.41) is 19.6. The average Bonchev–Trinajstić information content (AvgIpc) is 2.71. The lowest BCUT2D eigenvalue weighted by Crippen LogP contribution is -2.02. The van der Waals surface area contributed by atoms with Crippen LogP contribution in [0.15, 0.2) is 12.3 Å². The Labute approximate surface area is 84.8 Å². The maximum absolute atomic E-state index is 9.02. The van der Waals surface area contributed by atoms with E-state index in [-0.39, 0.29) is 6.61 Å². The molecule has 0 aliphatic rings. The number of aromatic amines is 1. The van der Waals surface area contributed by atoms with E-state index in [2.05, 4.69) is 15.3 Å². The Balaban J connectivity index is 2.60. The first-order valence-electron chi connectivity index (χ1n) is 3.99. The summed E-state index contributed by atoms with van der Waals surface area (Å²) in [6, 6.07) is 1.80.